The van der Waals surface area contributed by atoms with Gasteiger partial charge in [0, 0.05) is 25.1 Å². The van der Waals surface area contributed by atoms with Gasteiger partial charge in [0.05, 0.1) is 5.92 Å². The summed E-state index contributed by atoms with van der Waals surface area (Å²) in [7, 11) is 0. The van der Waals surface area contributed by atoms with Gasteiger partial charge in [-0.25, -0.2) is 4.39 Å². The molecule has 134 valence electrons. The monoisotopic (exact) mass is 347 g/mol. The zero-order valence-electron chi connectivity index (χ0n) is 14.4. The third kappa shape index (κ3) is 4.04. The Morgan fingerprint density at radius 2 is 2.24 bits per heavy atom. The molecule has 1 aromatic carbocycles. The van der Waals surface area contributed by atoms with Crippen LogP contribution in [0.5, 0.6) is 0 Å². The summed E-state index contributed by atoms with van der Waals surface area (Å²) in [6.07, 6.45) is 1.42. The molecule has 1 aromatic heterocycles. The normalized spacial score (nSPS) is 20.9. The lowest BCUT2D eigenvalue weighted by atomic mass is 9.99. The zero-order chi connectivity index (χ0) is 18.0. The van der Waals surface area contributed by atoms with Crippen LogP contribution in [0.4, 0.5) is 4.39 Å². The minimum absolute atomic E-state index is 0.170. The highest BCUT2D eigenvalue weighted by atomic mass is 19.1. The average molecular weight is 347 g/mol. The van der Waals surface area contributed by atoms with Crippen LogP contribution in [-0.2, 0) is 11.2 Å². The highest BCUT2D eigenvalue weighted by molar-refractivity contribution is 5.71. The van der Waals surface area contributed by atoms with Gasteiger partial charge in [-0.2, -0.15) is 4.98 Å². The summed E-state index contributed by atoms with van der Waals surface area (Å²) < 4.78 is 18.9. The number of aliphatic carboxylic acids is 1. The van der Waals surface area contributed by atoms with Crippen molar-refractivity contribution in [1.29, 1.82) is 0 Å². The van der Waals surface area contributed by atoms with E-state index in [1.165, 1.54) is 6.07 Å². The van der Waals surface area contributed by atoms with Crippen molar-refractivity contribution in [3.63, 3.8) is 0 Å². The summed E-state index contributed by atoms with van der Waals surface area (Å²) in [6.45, 7) is 5.87. The van der Waals surface area contributed by atoms with E-state index in [2.05, 4.69) is 15.0 Å². The Morgan fingerprint density at radius 3 is 2.92 bits per heavy atom. The molecule has 2 aromatic rings. The lowest BCUT2D eigenvalue weighted by molar-refractivity contribution is -0.142. The van der Waals surface area contributed by atoms with Crippen molar-refractivity contribution >= 4 is 5.97 Å². The van der Waals surface area contributed by atoms with E-state index in [9.17, 15) is 9.18 Å². The topological polar surface area (TPSA) is 79.5 Å². The maximum absolute atomic E-state index is 13.6. The predicted octanol–water partition coefficient (Wildman–Crippen LogP) is 2.77. The molecule has 1 N–H and O–H groups in total. The number of aromatic nitrogens is 2. The van der Waals surface area contributed by atoms with Gasteiger partial charge in [-0.3, -0.25) is 4.79 Å². The van der Waals surface area contributed by atoms with Gasteiger partial charge in [-0.05, 0) is 37.4 Å². The van der Waals surface area contributed by atoms with E-state index in [1.807, 2.05) is 6.92 Å². The van der Waals surface area contributed by atoms with Gasteiger partial charge >= 0.3 is 5.97 Å². The fourth-order valence-corrected chi connectivity index (χ4v) is 3.23. The number of aryl methyl sites for hydroxylation is 2. The van der Waals surface area contributed by atoms with Crippen LogP contribution in [0.2, 0.25) is 0 Å². The number of nitrogens with zero attached hydrogens (tertiary/aromatic N) is 3. The number of carbonyl (C=O) groups is 1. The molecule has 2 atom stereocenters. The molecule has 0 radical (unpaired) electrons. The van der Waals surface area contributed by atoms with Crippen LogP contribution in [-0.4, -0.2) is 45.8 Å². The molecule has 25 heavy (non-hydrogen) atoms. The van der Waals surface area contributed by atoms with Crippen molar-refractivity contribution in [1.82, 2.24) is 15.0 Å². The van der Waals surface area contributed by atoms with Gasteiger partial charge in [0.15, 0.2) is 0 Å². The molecule has 0 aliphatic carbocycles. The Kier molecular flexibility index (Phi) is 5.13. The summed E-state index contributed by atoms with van der Waals surface area (Å²) in [5.74, 6) is -0.232. The summed E-state index contributed by atoms with van der Waals surface area (Å²) in [6, 6.07) is 4.86. The second kappa shape index (κ2) is 7.31. The molecule has 1 aliphatic heterocycles. The molecule has 1 saturated heterocycles. The maximum atomic E-state index is 13.6. The van der Waals surface area contributed by atoms with Gasteiger partial charge < -0.3 is 14.5 Å². The first-order chi connectivity index (χ1) is 11.9. The number of hydrogen-bond donors (Lipinski definition) is 1. The minimum Gasteiger partial charge on any atom is -0.481 e. The highest BCUT2D eigenvalue weighted by Crippen LogP contribution is 2.23. The molecule has 0 amide bonds. The fraction of sp³-hybridized carbons (Fsp3) is 0.500. The Labute approximate surface area is 145 Å². The molecule has 1 aliphatic rings. The smallest absolute Gasteiger partial charge is 0.308 e. The number of rotatable bonds is 6. The Morgan fingerprint density at radius 1 is 1.44 bits per heavy atom. The van der Waals surface area contributed by atoms with Gasteiger partial charge in [-0.1, -0.05) is 24.2 Å². The lowest BCUT2D eigenvalue weighted by Gasteiger charge is -2.13. The van der Waals surface area contributed by atoms with Crippen molar-refractivity contribution in [3.05, 3.63) is 35.5 Å². The number of hydrogen-bond acceptors (Lipinski definition) is 5. The second-order valence-electron chi connectivity index (χ2n) is 6.76. The Balaban J connectivity index is 1.52. The quantitative estimate of drug-likeness (QED) is 0.865. The van der Waals surface area contributed by atoms with E-state index in [0.29, 0.717) is 35.8 Å². The SMILES string of the molecule is Cc1ccc(-c2noc(CCCN3C[C@@H](C)[C@H](C(=O)O)C3)n2)cc1F. The van der Waals surface area contributed by atoms with Crippen molar-refractivity contribution in [2.45, 2.75) is 26.7 Å². The van der Waals surface area contributed by atoms with Gasteiger partial charge in [0.2, 0.25) is 11.7 Å². The van der Waals surface area contributed by atoms with Crippen LogP contribution >= 0.6 is 0 Å². The van der Waals surface area contributed by atoms with Crippen LogP contribution in [0.25, 0.3) is 11.4 Å². The highest BCUT2D eigenvalue weighted by Gasteiger charge is 2.34. The zero-order valence-corrected chi connectivity index (χ0v) is 14.4. The van der Waals surface area contributed by atoms with Crippen LogP contribution in [0.1, 0.15) is 24.8 Å². The summed E-state index contributed by atoms with van der Waals surface area (Å²) >= 11 is 0. The van der Waals surface area contributed by atoms with Gasteiger partial charge in [0.1, 0.15) is 5.82 Å². The first-order valence-electron chi connectivity index (χ1n) is 8.48. The number of carboxylic acid groups (broad SMARTS) is 1. The van der Waals surface area contributed by atoms with Crippen molar-refractivity contribution in [2.24, 2.45) is 11.8 Å². The molecule has 1 fully saturated rings. The number of halogens is 1. The number of carboxylic acids is 1. The van der Waals surface area contributed by atoms with Crippen LogP contribution in [0, 0.1) is 24.6 Å². The molecule has 6 nitrogen and oxygen atoms in total. The van der Waals surface area contributed by atoms with Crippen LogP contribution in [0.3, 0.4) is 0 Å². The average Bonchev–Trinajstić information content (AvgIpc) is 3.17. The Bertz CT molecular complexity index is 762. The van der Waals surface area contributed by atoms with Crippen molar-refractivity contribution in [3.8, 4) is 11.4 Å². The molecule has 0 spiro atoms. The van der Waals surface area contributed by atoms with Crippen LogP contribution in [0.15, 0.2) is 22.7 Å². The standard InChI is InChI=1S/C18H22FN3O3/c1-11-5-6-13(8-15(11)19)17-20-16(25-21-17)4-3-7-22-9-12(2)14(10-22)18(23)24/h5-6,8,12,14H,3-4,7,9-10H2,1-2H3,(H,23,24)/t12-,14-/m1/s1. The van der Waals surface area contributed by atoms with Gasteiger partial charge in [0.25, 0.3) is 0 Å². The van der Waals surface area contributed by atoms with E-state index in [4.69, 9.17) is 9.63 Å². The number of benzene rings is 1. The van der Waals surface area contributed by atoms with E-state index in [0.717, 1.165) is 19.5 Å². The lowest BCUT2D eigenvalue weighted by Crippen LogP contribution is -2.24. The summed E-state index contributed by atoms with van der Waals surface area (Å²) in [5, 5.41) is 13.1. The third-order valence-electron chi connectivity index (χ3n) is 4.77. The number of likely N-dealkylation sites (tertiary alicyclic amines) is 1. The Hall–Kier alpha value is -2.28. The van der Waals surface area contributed by atoms with Crippen molar-refractivity contribution in [2.75, 3.05) is 19.6 Å². The second-order valence-corrected chi connectivity index (χ2v) is 6.76. The first-order valence-corrected chi connectivity index (χ1v) is 8.48. The largest absolute Gasteiger partial charge is 0.481 e. The van der Waals surface area contributed by atoms with E-state index in [-0.39, 0.29) is 17.7 Å². The molecular weight excluding hydrogens is 325 g/mol. The molecular formula is C18H22FN3O3. The maximum Gasteiger partial charge on any atom is 0.308 e. The third-order valence-corrected chi connectivity index (χ3v) is 4.77. The van der Waals surface area contributed by atoms with Crippen molar-refractivity contribution < 1.29 is 18.8 Å². The first kappa shape index (κ1) is 17.5. The molecule has 3 rings (SSSR count). The van der Waals surface area contributed by atoms with Gasteiger partial charge in [-0.15, -0.1) is 0 Å². The molecule has 2 heterocycles. The van der Waals surface area contributed by atoms with E-state index >= 15 is 0 Å². The fourth-order valence-electron chi connectivity index (χ4n) is 3.23. The molecule has 0 saturated carbocycles. The van der Waals surface area contributed by atoms with E-state index in [1.54, 1.807) is 19.1 Å². The minimum atomic E-state index is -0.720. The summed E-state index contributed by atoms with van der Waals surface area (Å²) in [4.78, 5) is 17.6. The molecule has 0 unspecified atom stereocenters. The molecule has 7 heteroatoms. The predicted molar refractivity (Wildman–Crippen MR) is 89.5 cm³/mol. The molecule has 0 bridgehead atoms. The summed E-state index contributed by atoms with van der Waals surface area (Å²) in [5.41, 5.74) is 1.17. The van der Waals surface area contributed by atoms with E-state index < -0.39 is 5.97 Å². The van der Waals surface area contributed by atoms with Crippen LogP contribution < -0.4 is 0 Å².